The van der Waals surface area contributed by atoms with Crippen molar-refractivity contribution in [2.24, 2.45) is 5.92 Å². The molecule has 0 saturated heterocycles. The highest BCUT2D eigenvalue weighted by atomic mass is 14.9. The molecular weight excluding hydrogens is 162 g/mol. The molecule has 0 radical (unpaired) electrons. The summed E-state index contributed by atoms with van der Waals surface area (Å²) < 4.78 is 0. The van der Waals surface area contributed by atoms with Crippen LogP contribution in [0.1, 0.15) is 32.0 Å². The molecular formula is C10H13N3. The van der Waals surface area contributed by atoms with Gasteiger partial charge in [-0.2, -0.15) is 5.26 Å². The molecule has 1 aromatic heterocycles. The largest absolute Gasteiger partial charge is 0.240 e. The van der Waals surface area contributed by atoms with Crippen LogP contribution in [-0.2, 0) is 0 Å². The molecule has 1 rings (SSSR count). The molecule has 1 aromatic rings. The van der Waals surface area contributed by atoms with E-state index in [9.17, 15) is 0 Å². The zero-order valence-corrected chi connectivity index (χ0v) is 7.94. The summed E-state index contributed by atoms with van der Waals surface area (Å²) in [6.07, 6.45) is 4.17. The predicted octanol–water partition coefficient (Wildman–Crippen LogP) is 2.13. The summed E-state index contributed by atoms with van der Waals surface area (Å²) in [5.74, 6) is 0.966. The second-order valence-electron chi connectivity index (χ2n) is 3.42. The fraction of sp³-hybridized carbons (Fsp3) is 0.500. The molecule has 1 atom stereocenters. The smallest absolute Gasteiger partial charge is 0.145 e. The second-order valence-corrected chi connectivity index (χ2v) is 3.42. The van der Waals surface area contributed by atoms with Crippen molar-refractivity contribution >= 4 is 0 Å². The van der Waals surface area contributed by atoms with Crippen molar-refractivity contribution in [3.63, 3.8) is 0 Å². The minimum atomic E-state index is -0.166. The van der Waals surface area contributed by atoms with Gasteiger partial charge < -0.3 is 0 Å². The average Bonchev–Trinajstić information content (AvgIpc) is 2.15. The van der Waals surface area contributed by atoms with Gasteiger partial charge in [0.2, 0.25) is 0 Å². The molecule has 0 aliphatic rings. The highest BCUT2D eigenvalue weighted by Crippen LogP contribution is 2.18. The highest BCUT2D eigenvalue weighted by Gasteiger charge is 2.14. The number of aromatic nitrogens is 2. The Morgan fingerprint density at radius 3 is 2.46 bits per heavy atom. The van der Waals surface area contributed by atoms with Crippen molar-refractivity contribution < 1.29 is 0 Å². The van der Waals surface area contributed by atoms with E-state index in [1.807, 2.05) is 0 Å². The molecule has 3 heteroatoms. The van der Waals surface area contributed by atoms with Crippen LogP contribution >= 0.6 is 0 Å². The number of rotatable bonds is 3. The maximum Gasteiger partial charge on any atom is 0.145 e. The van der Waals surface area contributed by atoms with Gasteiger partial charge >= 0.3 is 0 Å². The molecule has 0 aromatic carbocycles. The SMILES string of the molecule is CC(C)CC(C#N)c1ncccn1. The Kier molecular flexibility index (Phi) is 3.39. The topological polar surface area (TPSA) is 49.6 Å². The Hall–Kier alpha value is -1.43. The van der Waals surface area contributed by atoms with Crippen LogP contribution in [0.2, 0.25) is 0 Å². The summed E-state index contributed by atoms with van der Waals surface area (Å²) in [5, 5.41) is 8.90. The summed E-state index contributed by atoms with van der Waals surface area (Å²) in [7, 11) is 0. The molecule has 0 fully saturated rings. The lowest BCUT2D eigenvalue weighted by atomic mass is 9.98. The Bertz CT molecular complexity index is 287. The van der Waals surface area contributed by atoms with E-state index in [0.717, 1.165) is 6.42 Å². The fourth-order valence-corrected chi connectivity index (χ4v) is 1.18. The van der Waals surface area contributed by atoms with Gasteiger partial charge in [-0.25, -0.2) is 9.97 Å². The minimum absolute atomic E-state index is 0.166. The first-order chi connectivity index (χ1) is 6.24. The molecule has 0 aliphatic heterocycles. The molecule has 1 heterocycles. The molecule has 0 bridgehead atoms. The minimum Gasteiger partial charge on any atom is -0.240 e. The van der Waals surface area contributed by atoms with E-state index in [0.29, 0.717) is 11.7 Å². The standard InChI is InChI=1S/C10H13N3/c1-8(2)6-9(7-11)10-12-4-3-5-13-10/h3-5,8-9H,6H2,1-2H3. The third-order valence-electron chi connectivity index (χ3n) is 1.76. The molecule has 0 aliphatic carbocycles. The van der Waals surface area contributed by atoms with Gasteiger partial charge in [-0.05, 0) is 18.4 Å². The van der Waals surface area contributed by atoms with Gasteiger partial charge in [-0.15, -0.1) is 0 Å². The fourth-order valence-electron chi connectivity index (χ4n) is 1.18. The molecule has 1 unspecified atom stereocenters. The van der Waals surface area contributed by atoms with E-state index >= 15 is 0 Å². The van der Waals surface area contributed by atoms with Gasteiger partial charge in [0.1, 0.15) is 11.7 Å². The zero-order chi connectivity index (χ0) is 9.68. The van der Waals surface area contributed by atoms with Crippen molar-refractivity contribution in [1.29, 1.82) is 5.26 Å². The van der Waals surface area contributed by atoms with E-state index in [2.05, 4.69) is 29.9 Å². The van der Waals surface area contributed by atoms with Crippen molar-refractivity contribution in [2.45, 2.75) is 26.2 Å². The second kappa shape index (κ2) is 4.56. The van der Waals surface area contributed by atoms with Crippen molar-refractivity contribution in [3.05, 3.63) is 24.3 Å². The number of nitriles is 1. The normalized spacial score (nSPS) is 12.5. The summed E-state index contributed by atoms with van der Waals surface area (Å²) >= 11 is 0. The Balaban J connectivity index is 2.75. The Labute approximate surface area is 78.5 Å². The van der Waals surface area contributed by atoms with Crippen molar-refractivity contribution in [1.82, 2.24) is 9.97 Å². The Morgan fingerprint density at radius 2 is 2.00 bits per heavy atom. The van der Waals surface area contributed by atoms with Crippen LogP contribution in [-0.4, -0.2) is 9.97 Å². The predicted molar refractivity (Wildman–Crippen MR) is 49.8 cm³/mol. The lowest BCUT2D eigenvalue weighted by Gasteiger charge is -2.08. The van der Waals surface area contributed by atoms with Crippen molar-refractivity contribution in [2.75, 3.05) is 0 Å². The van der Waals surface area contributed by atoms with Gasteiger partial charge in [0, 0.05) is 12.4 Å². The monoisotopic (exact) mass is 175 g/mol. The van der Waals surface area contributed by atoms with Crippen LogP contribution in [0.3, 0.4) is 0 Å². The van der Waals surface area contributed by atoms with Crippen LogP contribution < -0.4 is 0 Å². The summed E-state index contributed by atoms with van der Waals surface area (Å²) in [6, 6.07) is 3.98. The number of hydrogen-bond acceptors (Lipinski definition) is 3. The van der Waals surface area contributed by atoms with E-state index in [4.69, 9.17) is 5.26 Å². The molecule has 0 amide bonds. The molecule has 0 saturated carbocycles. The first-order valence-electron chi connectivity index (χ1n) is 4.40. The van der Waals surface area contributed by atoms with Crippen LogP contribution in [0.25, 0.3) is 0 Å². The first-order valence-corrected chi connectivity index (χ1v) is 4.40. The highest BCUT2D eigenvalue weighted by molar-refractivity contribution is 5.07. The first kappa shape index (κ1) is 9.66. The van der Waals surface area contributed by atoms with Gasteiger partial charge in [-0.3, -0.25) is 0 Å². The third kappa shape index (κ3) is 2.83. The lowest BCUT2D eigenvalue weighted by Crippen LogP contribution is -2.04. The summed E-state index contributed by atoms with van der Waals surface area (Å²) in [5.41, 5.74) is 0. The van der Waals surface area contributed by atoms with Gasteiger partial charge in [0.05, 0.1) is 6.07 Å². The number of nitrogens with zero attached hydrogens (tertiary/aromatic N) is 3. The number of hydrogen-bond donors (Lipinski definition) is 0. The zero-order valence-electron chi connectivity index (χ0n) is 7.94. The van der Waals surface area contributed by atoms with Gasteiger partial charge in [0.25, 0.3) is 0 Å². The van der Waals surface area contributed by atoms with E-state index < -0.39 is 0 Å². The van der Waals surface area contributed by atoms with Crippen LogP contribution in [0.5, 0.6) is 0 Å². The lowest BCUT2D eigenvalue weighted by molar-refractivity contribution is 0.540. The van der Waals surface area contributed by atoms with E-state index in [1.165, 1.54) is 0 Å². The van der Waals surface area contributed by atoms with Gasteiger partial charge in [0.15, 0.2) is 0 Å². The van der Waals surface area contributed by atoms with Crippen LogP contribution in [0.4, 0.5) is 0 Å². The summed E-state index contributed by atoms with van der Waals surface area (Å²) in [4.78, 5) is 8.14. The van der Waals surface area contributed by atoms with E-state index in [-0.39, 0.29) is 5.92 Å². The van der Waals surface area contributed by atoms with E-state index in [1.54, 1.807) is 18.5 Å². The molecule has 13 heavy (non-hydrogen) atoms. The van der Waals surface area contributed by atoms with Crippen molar-refractivity contribution in [3.8, 4) is 6.07 Å². The molecule has 0 N–H and O–H groups in total. The molecule has 3 nitrogen and oxygen atoms in total. The average molecular weight is 175 g/mol. The summed E-state index contributed by atoms with van der Waals surface area (Å²) in [6.45, 7) is 4.18. The van der Waals surface area contributed by atoms with Gasteiger partial charge in [-0.1, -0.05) is 13.8 Å². The molecule has 0 spiro atoms. The Morgan fingerprint density at radius 1 is 1.38 bits per heavy atom. The maximum absolute atomic E-state index is 8.90. The van der Waals surface area contributed by atoms with Crippen LogP contribution in [0.15, 0.2) is 18.5 Å². The molecule has 68 valence electrons. The van der Waals surface area contributed by atoms with Crippen LogP contribution in [0, 0.1) is 17.2 Å². The third-order valence-corrected chi connectivity index (χ3v) is 1.76. The maximum atomic E-state index is 8.90. The quantitative estimate of drug-likeness (QED) is 0.707.